The van der Waals surface area contributed by atoms with E-state index in [1.165, 1.54) is 18.1 Å². The van der Waals surface area contributed by atoms with Crippen molar-refractivity contribution in [2.45, 2.75) is 28.7 Å². The molecule has 0 radical (unpaired) electrons. The Balaban J connectivity index is 1.76. The first kappa shape index (κ1) is 13.9. The molecule has 0 unspecified atom stereocenters. The summed E-state index contributed by atoms with van der Waals surface area (Å²) >= 11 is 1.31. The summed E-state index contributed by atoms with van der Waals surface area (Å²) in [6.07, 6.45) is -1.92. The summed E-state index contributed by atoms with van der Waals surface area (Å²) < 4.78 is 9.53. The summed E-state index contributed by atoms with van der Waals surface area (Å²) in [5.74, 6) is -0.689. The standard InChI is InChI=1S/C10H12N4O6S/c11-10(20-9(17)18)1-3(21-7-12-2-13-14-7)4-5(10)6(4)19-8(15)16/h2-6H,1,11H2,(H,15,16)(H,17,18)(H,12,13,14)/t3-,4-,5-,6+,10+/m1/s1. The lowest BCUT2D eigenvalue weighted by Gasteiger charge is -2.27. The molecule has 0 spiro atoms. The molecule has 5 N–H and O–H groups in total. The molecule has 10 nitrogen and oxygen atoms in total. The van der Waals surface area contributed by atoms with E-state index in [4.69, 9.17) is 25.4 Å². The van der Waals surface area contributed by atoms with E-state index < -0.39 is 30.1 Å². The van der Waals surface area contributed by atoms with Gasteiger partial charge < -0.3 is 24.7 Å². The minimum absolute atomic E-state index is 0.170. The van der Waals surface area contributed by atoms with Gasteiger partial charge in [-0.3, -0.25) is 5.73 Å². The Kier molecular flexibility index (Phi) is 3.17. The number of aromatic nitrogens is 3. The molecule has 114 valence electrons. The minimum atomic E-state index is -1.50. The van der Waals surface area contributed by atoms with E-state index in [0.29, 0.717) is 5.16 Å². The molecule has 11 heteroatoms. The number of thioether (sulfide) groups is 1. The molecule has 2 aliphatic carbocycles. The third-order valence-electron chi connectivity index (χ3n) is 3.69. The molecule has 5 atom stereocenters. The van der Waals surface area contributed by atoms with Crippen molar-refractivity contribution in [1.29, 1.82) is 0 Å². The van der Waals surface area contributed by atoms with Gasteiger partial charge in [-0.2, -0.15) is 0 Å². The maximum atomic E-state index is 10.8. The van der Waals surface area contributed by atoms with Crippen LogP contribution < -0.4 is 5.73 Å². The molecular weight excluding hydrogens is 304 g/mol. The first-order chi connectivity index (χ1) is 9.90. The zero-order valence-corrected chi connectivity index (χ0v) is 11.3. The van der Waals surface area contributed by atoms with Crippen molar-refractivity contribution in [3.8, 4) is 0 Å². The summed E-state index contributed by atoms with van der Waals surface area (Å²) in [5.41, 5.74) is 4.55. The molecule has 2 fully saturated rings. The lowest BCUT2D eigenvalue weighted by molar-refractivity contribution is -0.0386. The third kappa shape index (κ3) is 2.49. The van der Waals surface area contributed by atoms with Gasteiger partial charge in [0.2, 0.25) is 0 Å². The molecule has 0 bridgehead atoms. The zero-order valence-electron chi connectivity index (χ0n) is 10.5. The van der Waals surface area contributed by atoms with Crippen LogP contribution in [0.2, 0.25) is 0 Å². The number of ether oxygens (including phenoxy) is 2. The van der Waals surface area contributed by atoms with Crippen LogP contribution in [-0.4, -0.2) is 54.8 Å². The van der Waals surface area contributed by atoms with Crippen molar-refractivity contribution < 1.29 is 29.3 Å². The van der Waals surface area contributed by atoms with E-state index in [0.717, 1.165) is 0 Å². The van der Waals surface area contributed by atoms with Crippen molar-refractivity contribution in [2.24, 2.45) is 17.6 Å². The van der Waals surface area contributed by atoms with Crippen molar-refractivity contribution >= 4 is 24.1 Å². The highest BCUT2D eigenvalue weighted by molar-refractivity contribution is 7.99. The number of nitrogens with one attached hydrogen (secondary N) is 1. The van der Waals surface area contributed by atoms with Gasteiger partial charge in [-0.05, 0) is 0 Å². The summed E-state index contributed by atoms with van der Waals surface area (Å²) in [4.78, 5) is 24.3. The highest BCUT2D eigenvalue weighted by atomic mass is 32.2. The largest absolute Gasteiger partial charge is 0.507 e. The number of rotatable bonds is 4. The lowest BCUT2D eigenvalue weighted by Crippen LogP contribution is -2.47. The molecule has 21 heavy (non-hydrogen) atoms. The van der Waals surface area contributed by atoms with Crippen LogP contribution in [0.5, 0.6) is 0 Å². The average Bonchev–Trinajstić information content (AvgIpc) is 2.73. The number of hydrogen-bond acceptors (Lipinski definition) is 8. The molecule has 3 rings (SSSR count). The van der Waals surface area contributed by atoms with Crippen LogP contribution in [-0.2, 0) is 9.47 Å². The van der Waals surface area contributed by atoms with Crippen LogP contribution in [0.1, 0.15) is 6.42 Å². The molecule has 0 aliphatic heterocycles. The lowest BCUT2D eigenvalue weighted by atomic mass is 10.1. The Morgan fingerprint density at radius 2 is 2.24 bits per heavy atom. The van der Waals surface area contributed by atoms with Gasteiger partial charge in [0.15, 0.2) is 10.9 Å². The van der Waals surface area contributed by atoms with E-state index in [9.17, 15) is 9.59 Å². The summed E-state index contributed by atoms with van der Waals surface area (Å²) in [6.45, 7) is 0. The minimum Gasteiger partial charge on any atom is -0.450 e. The molecule has 0 amide bonds. The molecule has 1 aromatic rings. The second-order valence-corrected chi connectivity index (χ2v) is 6.16. The smallest absolute Gasteiger partial charge is 0.450 e. The normalized spacial score (nSPS) is 36.8. The Labute approximate surface area is 122 Å². The number of fused-ring (bicyclic) bond motifs is 1. The van der Waals surface area contributed by atoms with Gasteiger partial charge >= 0.3 is 12.3 Å². The second-order valence-electron chi connectivity index (χ2n) is 4.93. The number of carboxylic acid groups (broad SMARTS) is 2. The van der Waals surface area contributed by atoms with Gasteiger partial charge in [-0.1, -0.05) is 11.8 Å². The van der Waals surface area contributed by atoms with E-state index in [1.54, 1.807) is 0 Å². The third-order valence-corrected chi connectivity index (χ3v) is 4.90. The number of hydrogen-bond donors (Lipinski definition) is 4. The van der Waals surface area contributed by atoms with Crippen molar-refractivity contribution in [1.82, 2.24) is 15.2 Å². The first-order valence-electron chi connectivity index (χ1n) is 6.04. The van der Waals surface area contributed by atoms with Crippen LogP contribution in [0.4, 0.5) is 9.59 Å². The van der Waals surface area contributed by atoms with Gasteiger partial charge in [0.1, 0.15) is 12.4 Å². The highest BCUT2D eigenvalue weighted by Gasteiger charge is 2.73. The van der Waals surface area contributed by atoms with Gasteiger partial charge in [-0.15, -0.1) is 10.2 Å². The average molecular weight is 316 g/mol. The van der Waals surface area contributed by atoms with Gasteiger partial charge in [0.25, 0.3) is 0 Å². The maximum absolute atomic E-state index is 10.8. The van der Waals surface area contributed by atoms with Crippen LogP contribution in [0.25, 0.3) is 0 Å². The van der Waals surface area contributed by atoms with E-state index in [-0.39, 0.29) is 17.6 Å². The molecule has 2 saturated carbocycles. The second kappa shape index (κ2) is 4.77. The van der Waals surface area contributed by atoms with Crippen molar-refractivity contribution in [2.75, 3.05) is 0 Å². The molecule has 0 aromatic carbocycles. The number of carbonyl (C=O) groups is 2. The summed E-state index contributed by atoms with van der Waals surface area (Å²) in [6, 6.07) is 0. The number of aromatic amines is 1. The van der Waals surface area contributed by atoms with Crippen LogP contribution in [0, 0.1) is 11.8 Å². The Morgan fingerprint density at radius 1 is 1.48 bits per heavy atom. The number of nitrogens with two attached hydrogens (primary N) is 1. The Hall–Kier alpha value is -2.01. The van der Waals surface area contributed by atoms with Crippen LogP contribution in [0.15, 0.2) is 11.5 Å². The summed E-state index contributed by atoms with van der Waals surface area (Å²) in [5, 5.41) is 25.4. The van der Waals surface area contributed by atoms with Crippen molar-refractivity contribution in [3.63, 3.8) is 0 Å². The van der Waals surface area contributed by atoms with Gasteiger partial charge in [0.05, 0.1) is 5.92 Å². The van der Waals surface area contributed by atoms with Crippen LogP contribution in [0.3, 0.4) is 0 Å². The quantitative estimate of drug-likeness (QED) is 0.450. The monoisotopic (exact) mass is 316 g/mol. The molecule has 0 saturated heterocycles. The Bertz CT molecular complexity index is 568. The maximum Gasteiger partial charge on any atom is 0.507 e. The predicted octanol–water partition coefficient (Wildman–Crippen LogP) is 0.328. The zero-order chi connectivity index (χ0) is 15.2. The fourth-order valence-electron chi connectivity index (χ4n) is 2.99. The van der Waals surface area contributed by atoms with Crippen LogP contribution >= 0.6 is 11.8 Å². The predicted molar refractivity (Wildman–Crippen MR) is 66.6 cm³/mol. The fourth-order valence-corrected chi connectivity index (χ4v) is 4.32. The molecule has 1 heterocycles. The van der Waals surface area contributed by atoms with Crippen molar-refractivity contribution in [3.05, 3.63) is 6.33 Å². The van der Waals surface area contributed by atoms with Gasteiger partial charge in [-0.25, -0.2) is 9.59 Å². The van der Waals surface area contributed by atoms with Gasteiger partial charge in [0, 0.05) is 17.6 Å². The van der Waals surface area contributed by atoms with E-state index in [1.807, 2.05) is 0 Å². The molecule has 1 aromatic heterocycles. The molecular formula is C10H12N4O6S. The SMILES string of the molecule is N[C@]1(OC(=O)O)C[C@@H](Sc2nnc[nH]2)[C@H]2[C@H](OC(=O)O)[C@@H]21. The number of H-pyrrole nitrogens is 1. The molecule has 2 aliphatic rings. The van der Waals surface area contributed by atoms with E-state index in [2.05, 4.69) is 15.2 Å². The van der Waals surface area contributed by atoms with E-state index >= 15 is 0 Å². The number of nitrogens with zero attached hydrogens (tertiary/aromatic N) is 2. The Morgan fingerprint density at radius 3 is 2.81 bits per heavy atom. The topological polar surface area (TPSA) is 161 Å². The first-order valence-corrected chi connectivity index (χ1v) is 6.92. The fraction of sp³-hybridized carbons (Fsp3) is 0.600. The summed E-state index contributed by atoms with van der Waals surface area (Å²) in [7, 11) is 0. The highest BCUT2D eigenvalue weighted by Crippen LogP contribution is 2.62.